The van der Waals surface area contributed by atoms with Crippen molar-refractivity contribution in [3.05, 3.63) is 70.8 Å². The second kappa shape index (κ2) is 8.03. The molecule has 2 aromatic carbocycles. The molecule has 1 heterocycles. The first kappa shape index (κ1) is 18.6. The van der Waals surface area contributed by atoms with Crippen LogP contribution in [-0.2, 0) is 11.3 Å². The number of hydrogen-bond donors (Lipinski definition) is 2. The Kier molecular flexibility index (Phi) is 5.54. The Bertz CT molecular complexity index is 878. The molecule has 0 fully saturated rings. The van der Waals surface area contributed by atoms with Gasteiger partial charge in [0.1, 0.15) is 0 Å². The summed E-state index contributed by atoms with van der Waals surface area (Å²) in [7, 11) is 0. The predicted octanol–water partition coefficient (Wildman–Crippen LogP) is 2.65. The van der Waals surface area contributed by atoms with E-state index >= 15 is 0 Å². The van der Waals surface area contributed by atoms with Gasteiger partial charge in [0, 0.05) is 30.8 Å². The molecule has 6 nitrogen and oxygen atoms in total. The van der Waals surface area contributed by atoms with Crippen LogP contribution in [0.3, 0.4) is 0 Å². The molecule has 2 N–H and O–H groups in total. The van der Waals surface area contributed by atoms with Crippen molar-refractivity contribution in [1.82, 2.24) is 10.2 Å². The first-order valence-electron chi connectivity index (χ1n) is 8.99. The van der Waals surface area contributed by atoms with Crippen LogP contribution in [0.5, 0.6) is 0 Å². The maximum absolute atomic E-state index is 13.0. The number of amides is 2. The quantitative estimate of drug-likeness (QED) is 0.852. The summed E-state index contributed by atoms with van der Waals surface area (Å²) in [6, 6.07) is 13.8. The van der Waals surface area contributed by atoms with Crippen molar-refractivity contribution >= 4 is 17.8 Å². The van der Waals surface area contributed by atoms with E-state index in [1.54, 1.807) is 30.3 Å². The first-order valence-corrected chi connectivity index (χ1v) is 8.99. The number of nitrogens with one attached hydrogen (secondary N) is 1. The smallest absolute Gasteiger partial charge is 0.312 e. The number of hydrogen-bond acceptors (Lipinski definition) is 3. The van der Waals surface area contributed by atoms with Crippen molar-refractivity contribution in [2.75, 3.05) is 13.1 Å². The highest BCUT2D eigenvalue weighted by Gasteiger charge is 2.32. The van der Waals surface area contributed by atoms with Gasteiger partial charge in [-0.15, -0.1) is 0 Å². The van der Waals surface area contributed by atoms with Gasteiger partial charge in [-0.2, -0.15) is 0 Å². The van der Waals surface area contributed by atoms with E-state index in [4.69, 9.17) is 0 Å². The minimum atomic E-state index is -0.951. The summed E-state index contributed by atoms with van der Waals surface area (Å²) >= 11 is 0. The lowest BCUT2D eigenvalue weighted by Gasteiger charge is -2.33. The lowest BCUT2D eigenvalue weighted by atomic mass is 9.89. The fourth-order valence-electron chi connectivity index (χ4n) is 3.29. The van der Waals surface area contributed by atoms with Crippen LogP contribution < -0.4 is 5.32 Å². The molecule has 0 spiro atoms. The third-order valence-electron chi connectivity index (χ3n) is 4.69. The number of benzene rings is 2. The molecule has 3 rings (SSSR count). The van der Waals surface area contributed by atoms with Gasteiger partial charge in [0.2, 0.25) is 0 Å². The van der Waals surface area contributed by atoms with Gasteiger partial charge < -0.3 is 15.3 Å². The zero-order valence-corrected chi connectivity index (χ0v) is 15.1. The van der Waals surface area contributed by atoms with Gasteiger partial charge >= 0.3 is 5.97 Å². The van der Waals surface area contributed by atoms with Crippen LogP contribution in [0.4, 0.5) is 0 Å². The SMILES string of the molecule is CCCNC(=O)c1cccc(C(=O)N2Cc3ccccc3C(C(=O)O)C2)c1. The maximum Gasteiger partial charge on any atom is 0.312 e. The maximum atomic E-state index is 13.0. The van der Waals surface area contributed by atoms with Gasteiger partial charge in [0.15, 0.2) is 0 Å². The van der Waals surface area contributed by atoms with Gasteiger partial charge in [0.05, 0.1) is 5.92 Å². The minimum absolute atomic E-state index is 0.109. The van der Waals surface area contributed by atoms with Crippen LogP contribution in [0.15, 0.2) is 48.5 Å². The molecule has 2 aromatic rings. The number of carboxylic acid groups (broad SMARTS) is 1. The Morgan fingerprint density at radius 1 is 1.11 bits per heavy atom. The molecule has 2 amide bonds. The Morgan fingerprint density at radius 2 is 1.85 bits per heavy atom. The standard InChI is InChI=1S/C21H22N2O4/c1-2-10-22-19(24)14-7-5-8-15(11-14)20(25)23-12-16-6-3-4-9-17(16)18(13-23)21(26)27/h3-9,11,18H,2,10,12-13H2,1H3,(H,22,24)(H,26,27). The first-order chi connectivity index (χ1) is 13.0. The molecule has 0 saturated carbocycles. The minimum Gasteiger partial charge on any atom is -0.481 e. The Balaban J connectivity index is 1.84. The normalized spacial score (nSPS) is 15.7. The summed E-state index contributed by atoms with van der Waals surface area (Å²) < 4.78 is 0. The van der Waals surface area contributed by atoms with E-state index in [2.05, 4.69) is 5.32 Å². The van der Waals surface area contributed by atoms with Gasteiger partial charge in [-0.1, -0.05) is 37.3 Å². The summed E-state index contributed by atoms with van der Waals surface area (Å²) in [4.78, 5) is 38.3. The van der Waals surface area contributed by atoms with E-state index in [1.807, 2.05) is 25.1 Å². The van der Waals surface area contributed by atoms with E-state index in [1.165, 1.54) is 4.90 Å². The monoisotopic (exact) mass is 366 g/mol. The van der Waals surface area contributed by atoms with Crippen molar-refractivity contribution in [2.24, 2.45) is 0 Å². The van der Waals surface area contributed by atoms with Crippen LogP contribution >= 0.6 is 0 Å². The number of nitrogens with zero attached hydrogens (tertiary/aromatic N) is 1. The zero-order chi connectivity index (χ0) is 19.4. The number of fused-ring (bicyclic) bond motifs is 1. The number of carbonyl (C=O) groups is 3. The van der Waals surface area contributed by atoms with Crippen LogP contribution in [0.25, 0.3) is 0 Å². The number of carbonyl (C=O) groups excluding carboxylic acids is 2. The van der Waals surface area contributed by atoms with Crippen molar-refractivity contribution in [3.63, 3.8) is 0 Å². The van der Waals surface area contributed by atoms with Crippen LogP contribution in [0.2, 0.25) is 0 Å². The molecule has 140 valence electrons. The molecule has 0 radical (unpaired) electrons. The zero-order valence-electron chi connectivity index (χ0n) is 15.1. The molecular formula is C21H22N2O4. The molecular weight excluding hydrogens is 344 g/mol. The molecule has 0 aliphatic carbocycles. The molecule has 1 aliphatic rings. The Hall–Kier alpha value is -3.15. The van der Waals surface area contributed by atoms with Gasteiger partial charge in [-0.05, 0) is 35.7 Å². The van der Waals surface area contributed by atoms with E-state index < -0.39 is 11.9 Å². The molecule has 0 bridgehead atoms. The summed E-state index contributed by atoms with van der Waals surface area (Å²) in [5.74, 6) is -2.21. The summed E-state index contributed by atoms with van der Waals surface area (Å²) in [5.41, 5.74) is 2.38. The fraction of sp³-hybridized carbons (Fsp3) is 0.286. The summed E-state index contributed by atoms with van der Waals surface area (Å²) in [6.07, 6.45) is 0.828. The number of aliphatic carboxylic acids is 1. The third kappa shape index (κ3) is 4.00. The van der Waals surface area contributed by atoms with Gasteiger partial charge in [-0.3, -0.25) is 14.4 Å². The van der Waals surface area contributed by atoms with Crippen molar-refractivity contribution in [2.45, 2.75) is 25.8 Å². The Morgan fingerprint density at radius 3 is 2.59 bits per heavy atom. The molecule has 27 heavy (non-hydrogen) atoms. The van der Waals surface area contributed by atoms with Crippen molar-refractivity contribution in [1.29, 1.82) is 0 Å². The molecule has 1 atom stereocenters. The van der Waals surface area contributed by atoms with Crippen LogP contribution in [0.1, 0.15) is 51.1 Å². The van der Waals surface area contributed by atoms with Gasteiger partial charge in [-0.25, -0.2) is 0 Å². The molecule has 0 aromatic heterocycles. The van der Waals surface area contributed by atoms with Crippen molar-refractivity contribution in [3.8, 4) is 0 Å². The van der Waals surface area contributed by atoms with E-state index in [0.29, 0.717) is 24.2 Å². The highest BCUT2D eigenvalue weighted by atomic mass is 16.4. The van der Waals surface area contributed by atoms with Crippen LogP contribution in [0, 0.1) is 0 Å². The molecule has 1 aliphatic heterocycles. The number of carboxylic acids is 1. The van der Waals surface area contributed by atoms with Crippen molar-refractivity contribution < 1.29 is 19.5 Å². The average molecular weight is 366 g/mol. The second-order valence-electron chi connectivity index (χ2n) is 6.61. The largest absolute Gasteiger partial charge is 0.481 e. The third-order valence-corrected chi connectivity index (χ3v) is 4.69. The van der Waals surface area contributed by atoms with E-state index in [9.17, 15) is 19.5 Å². The molecule has 1 unspecified atom stereocenters. The molecule has 6 heteroatoms. The predicted molar refractivity (Wildman–Crippen MR) is 101 cm³/mol. The topological polar surface area (TPSA) is 86.7 Å². The Labute approximate surface area is 157 Å². The summed E-state index contributed by atoms with van der Waals surface area (Å²) in [6.45, 7) is 3.00. The van der Waals surface area contributed by atoms with E-state index in [0.717, 1.165) is 17.5 Å². The highest BCUT2D eigenvalue weighted by molar-refractivity contribution is 6.00. The lowest BCUT2D eigenvalue weighted by Crippen LogP contribution is -2.40. The lowest BCUT2D eigenvalue weighted by molar-refractivity contribution is -0.139. The fourth-order valence-corrected chi connectivity index (χ4v) is 3.29. The average Bonchev–Trinajstić information content (AvgIpc) is 2.70. The molecule has 0 saturated heterocycles. The second-order valence-corrected chi connectivity index (χ2v) is 6.61. The van der Waals surface area contributed by atoms with Crippen LogP contribution in [-0.4, -0.2) is 40.9 Å². The van der Waals surface area contributed by atoms with E-state index in [-0.39, 0.29) is 18.4 Å². The summed E-state index contributed by atoms with van der Waals surface area (Å²) in [5, 5.41) is 12.4. The highest BCUT2D eigenvalue weighted by Crippen LogP contribution is 2.29. The number of rotatable bonds is 5. The van der Waals surface area contributed by atoms with Gasteiger partial charge in [0.25, 0.3) is 11.8 Å².